The second kappa shape index (κ2) is 5.36. The number of benzene rings is 1. The highest BCUT2D eigenvalue weighted by Gasteiger charge is 2.56. The lowest BCUT2D eigenvalue weighted by Crippen LogP contribution is -2.47. The van der Waals surface area contributed by atoms with Crippen LogP contribution in [0.2, 0.25) is 0 Å². The van der Waals surface area contributed by atoms with Crippen LogP contribution in [0.4, 0.5) is 4.39 Å². The van der Waals surface area contributed by atoms with Gasteiger partial charge in [-0.1, -0.05) is 26.0 Å². The Morgan fingerprint density at radius 3 is 2.48 bits per heavy atom. The molecule has 21 heavy (non-hydrogen) atoms. The molecule has 1 N–H and O–H groups in total. The van der Waals surface area contributed by atoms with Crippen molar-refractivity contribution in [3.63, 3.8) is 0 Å². The van der Waals surface area contributed by atoms with Gasteiger partial charge < -0.3 is 5.32 Å². The van der Waals surface area contributed by atoms with Crippen molar-refractivity contribution in [2.75, 3.05) is 12.8 Å². The average molecular weight is 313 g/mol. The minimum atomic E-state index is -3.05. The van der Waals surface area contributed by atoms with E-state index in [0.29, 0.717) is 6.54 Å². The summed E-state index contributed by atoms with van der Waals surface area (Å²) in [5, 5.41) is 3.35. The fourth-order valence-corrected chi connectivity index (χ4v) is 4.42. The van der Waals surface area contributed by atoms with Crippen LogP contribution in [-0.4, -0.2) is 32.0 Å². The molecule has 0 bridgehead atoms. The highest BCUT2D eigenvalue weighted by Crippen LogP contribution is 2.46. The smallest absolute Gasteiger partial charge is 0.154 e. The zero-order chi connectivity index (χ0) is 15.9. The van der Waals surface area contributed by atoms with Gasteiger partial charge in [0, 0.05) is 24.3 Å². The Morgan fingerprint density at radius 2 is 2.00 bits per heavy atom. The number of nitrogens with one attached hydrogen (secondary N) is 1. The van der Waals surface area contributed by atoms with E-state index < -0.39 is 14.6 Å². The molecular formula is C16H24FNO2S. The van der Waals surface area contributed by atoms with Crippen molar-refractivity contribution < 1.29 is 12.8 Å². The minimum Gasteiger partial charge on any atom is -0.312 e. The lowest BCUT2D eigenvalue weighted by atomic mass is 9.84. The Kier molecular flexibility index (Phi) is 4.19. The first-order valence-corrected chi connectivity index (χ1v) is 9.17. The summed E-state index contributed by atoms with van der Waals surface area (Å²) in [6.45, 7) is 6.59. The summed E-state index contributed by atoms with van der Waals surface area (Å²) in [5.41, 5.74) is 0.649. The van der Waals surface area contributed by atoms with Gasteiger partial charge in [-0.05, 0) is 37.5 Å². The Labute approximate surface area is 126 Å². The van der Waals surface area contributed by atoms with Crippen molar-refractivity contribution in [1.29, 1.82) is 0 Å². The molecule has 0 aliphatic heterocycles. The van der Waals surface area contributed by atoms with Gasteiger partial charge in [0.2, 0.25) is 0 Å². The first-order chi connectivity index (χ1) is 9.58. The molecule has 0 unspecified atom stereocenters. The molecule has 1 aromatic rings. The molecule has 0 amide bonds. The van der Waals surface area contributed by atoms with Crippen LogP contribution in [0, 0.1) is 5.82 Å². The quantitative estimate of drug-likeness (QED) is 0.878. The first kappa shape index (κ1) is 16.4. The van der Waals surface area contributed by atoms with Crippen LogP contribution < -0.4 is 5.32 Å². The van der Waals surface area contributed by atoms with Gasteiger partial charge in [-0.3, -0.25) is 0 Å². The lowest BCUT2D eigenvalue weighted by Gasteiger charge is -2.30. The van der Waals surface area contributed by atoms with E-state index in [4.69, 9.17) is 0 Å². The summed E-state index contributed by atoms with van der Waals surface area (Å²) in [5.74, 6) is -0.247. The van der Waals surface area contributed by atoms with Crippen LogP contribution in [0.5, 0.6) is 0 Å². The van der Waals surface area contributed by atoms with Crippen molar-refractivity contribution in [3.8, 4) is 0 Å². The van der Waals surface area contributed by atoms with Gasteiger partial charge in [0.1, 0.15) is 5.82 Å². The summed E-state index contributed by atoms with van der Waals surface area (Å²) in [6.07, 6.45) is 2.76. The standard InChI is InChI=1S/C16H24FNO2S/c1-12(16(8-9-16)21(4,19)20)18-11-15(2,3)13-6-5-7-14(17)10-13/h5-7,10,12,18H,8-9,11H2,1-4H3/t12-/m0/s1. The Morgan fingerprint density at radius 1 is 1.38 bits per heavy atom. The fraction of sp³-hybridized carbons (Fsp3) is 0.625. The second-order valence-electron chi connectivity index (χ2n) is 6.83. The van der Waals surface area contributed by atoms with Gasteiger partial charge in [0.05, 0.1) is 4.75 Å². The molecule has 1 fully saturated rings. The van der Waals surface area contributed by atoms with Crippen LogP contribution in [0.3, 0.4) is 0 Å². The van der Waals surface area contributed by atoms with E-state index in [2.05, 4.69) is 5.32 Å². The lowest BCUT2D eigenvalue weighted by molar-refractivity contribution is 0.410. The summed E-state index contributed by atoms with van der Waals surface area (Å²) in [4.78, 5) is 0. The number of sulfone groups is 1. The van der Waals surface area contributed by atoms with E-state index in [1.165, 1.54) is 18.4 Å². The summed E-state index contributed by atoms with van der Waals surface area (Å²) >= 11 is 0. The van der Waals surface area contributed by atoms with Gasteiger partial charge in [-0.15, -0.1) is 0 Å². The number of hydrogen-bond acceptors (Lipinski definition) is 3. The normalized spacial score (nSPS) is 19.3. The second-order valence-corrected chi connectivity index (χ2v) is 9.19. The van der Waals surface area contributed by atoms with E-state index in [1.807, 2.05) is 26.8 Å². The van der Waals surface area contributed by atoms with E-state index in [1.54, 1.807) is 6.07 Å². The predicted molar refractivity (Wildman–Crippen MR) is 83.7 cm³/mol. The van der Waals surface area contributed by atoms with Crippen LogP contribution >= 0.6 is 0 Å². The van der Waals surface area contributed by atoms with Crippen molar-refractivity contribution in [2.24, 2.45) is 0 Å². The van der Waals surface area contributed by atoms with Gasteiger partial charge in [-0.25, -0.2) is 12.8 Å². The summed E-state index contributed by atoms with van der Waals surface area (Å²) in [7, 11) is -3.05. The fourth-order valence-electron chi connectivity index (χ4n) is 2.85. The molecule has 0 spiro atoms. The number of hydrogen-bond donors (Lipinski definition) is 1. The average Bonchev–Trinajstić information content (AvgIpc) is 3.17. The van der Waals surface area contributed by atoms with Crippen molar-refractivity contribution in [1.82, 2.24) is 5.32 Å². The summed E-state index contributed by atoms with van der Waals surface area (Å²) < 4.78 is 36.6. The molecule has 2 rings (SSSR count). The minimum absolute atomic E-state index is 0.0969. The molecule has 3 nitrogen and oxygen atoms in total. The highest BCUT2D eigenvalue weighted by molar-refractivity contribution is 7.92. The SMILES string of the molecule is C[C@H](NCC(C)(C)c1cccc(F)c1)C1(S(C)(=O)=O)CC1. The van der Waals surface area contributed by atoms with E-state index in [-0.39, 0.29) is 17.3 Å². The third-order valence-corrected chi connectivity index (χ3v) is 6.97. The Balaban J connectivity index is 2.06. The van der Waals surface area contributed by atoms with Crippen molar-refractivity contribution in [2.45, 2.75) is 49.8 Å². The third-order valence-electron chi connectivity index (χ3n) is 4.73. The molecule has 1 saturated carbocycles. The van der Waals surface area contributed by atoms with E-state index in [9.17, 15) is 12.8 Å². The van der Waals surface area contributed by atoms with Gasteiger partial charge in [0.15, 0.2) is 9.84 Å². The maximum Gasteiger partial charge on any atom is 0.154 e. The van der Waals surface area contributed by atoms with Crippen LogP contribution in [0.15, 0.2) is 24.3 Å². The zero-order valence-electron chi connectivity index (χ0n) is 13.1. The molecule has 1 aliphatic rings. The maximum absolute atomic E-state index is 13.4. The molecule has 5 heteroatoms. The molecule has 1 atom stereocenters. The molecule has 0 aromatic heterocycles. The van der Waals surface area contributed by atoms with Crippen LogP contribution in [0.25, 0.3) is 0 Å². The van der Waals surface area contributed by atoms with E-state index in [0.717, 1.165) is 18.4 Å². The van der Waals surface area contributed by atoms with Crippen molar-refractivity contribution in [3.05, 3.63) is 35.6 Å². The monoisotopic (exact) mass is 313 g/mol. The maximum atomic E-state index is 13.4. The van der Waals surface area contributed by atoms with Gasteiger partial charge >= 0.3 is 0 Å². The van der Waals surface area contributed by atoms with E-state index >= 15 is 0 Å². The number of rotatable bonds is 6. The zero-order valence-corrected chi connectivity index (χ0v) is 13.9. The van der Waals surface area contributed by atoms with Crippen LogP contribution in [-0.2, 0) is 15.3 Å². The van der Waals surface area contributed by atoms with Gasteiger partial charge in [0.25, 0.3) is 0 Å². The molecule has 0 radical (unpaired) electrons. The Hall–Kier alpha value is -0.940. The molecule has 0 saturated heterocycles. The highest BCUT2D eigenvalue weighted by atomic mass is 32.2. The molecule has 0 heterocycles. The van der Waals surface area contributed by atoms with Crippen LogP contribution in [0.1, 0.15) is 39.2 Å². The summed E-state index contributed by atoms with van der Waals surface area (Å²) in [6, 6.07) is 6.47. The van der Waals surface area contributed by atoms with Crippen molar-refractivity contribution >= 4 is 9.84 Å². The predicted octanol–water partition coefficient (Wildman–Crippen LogP) is 2.66. The molecular weight excluding hydrogens is 289 g/mol. The number of halogens is 1. The van der Waals surface area contributed by atoms with Gasteiger partial charge in [-0.2, -0.15) is 0 Å². The molecule has 1 aliphatic carbocycles. The topological polar surface area (TPSA) is 46.2 Å². The Bertz CT molecular complexity index is 621. The largest absolute Gasteiger partial charge is 0.312 e. The first-order valence-electron chi connectivity index (χ1n) is 7.27. The molecule has 1 aromatic carbocycles. The molecule has 118 valence electrons. The third kappa shape index (κ3) is 3.29.